The minimum atomic E-state index is -1.62. The number of aliphatic hydroxyl groups is 4. The van der Waals surface area contributed by atoms with E-state index in [0.29, 0.717) is 0 Å². The van der Waals surface area contributed by atoms with Crippen molar-refractivity contribution in [3.8, 4) is 0 Å². The molecule has 6 N–H and O–H groups in total. The molecule has 1 aromatic rings. The maximum Gasteiger partial charge on any atom is 0.351 e. The number of ether oxygens (including phenoxy) is 2. The van der Waals surface area contributed by atoms with Crippen LogP contribution in [0.15, 0.2) is 17.1 Å². The van der Waals surface area contributed by atoms with E-state index in [4.69, 9.17) is 15.2 Å². The SMILES string of the molecule is CO[C@@H]1[C@H](O)[C@H](O)[C@H](O)[C@@H](CO)O[C@H]1n1ccc(N)nc1=O. The lowest BCUT2D eigenvalue weighted by atomic mass is 10.0. The zero-order valence-electron chi connectivity index (χ0n) is 11.8. The van der Waals surface area contributed by atoms with Crippen molar-refractivity contribution in [3.05, 3.63) is 22.7 Å². The van der Waals surface area contributed by atoms with Gasteiger partial charge in [-0.1, -0.05) is 0 Å². The molecule has 0 aromatic carbocycles. The predicted octanol–water partition coefficient (Wildman–Crippen LogP) is -3.19. The fourth-order valence-electron chi connectivity index (χ4n) is 2.37. The summed E-state index contributed by atoms with van der Waals surface area (Å²) in [5, 5.41) is 39.2. The van der Waals surface area contributed by atoms with E-state index in [9.17, 15) is 25.2 Å². The van der Waals surface area contributed by atoms with Crippen molar-refractivity contribution in [3.63, 3.8) is 0 Å². The first-order chi connectivity index (χ1) is 10.4. The number of aliphatic hydroxyl groups excluding tert-OH is 4. The summed E-state index contributed by atoms with van der Waals surface area (Å²) in [4.78, 5) is 15.5. The quantitative estimate of drug-likeness (QED) is 0.387. The number of hydrogen-bond acceptors (Lipinski definition) is 9. The average Bonchev–Trinajstić information content (AvgIpc) is 2.57. The maximum atomic E-state index is 11.9. The Morgan fingerprint density at radius 2 is 2.05 bits per heavy atom. The number of anilines is 1. The van der Waals surface area contributed by atoms with Gasteiger partial charge in [0.2, 0.25) is 0 Å². The fraction of sp³-hybridized carbons (Fsp3) is 0.667. The van der Waals surface area contributed by atoms with E-state index in [1.54, 1.807) is 0 Å². The van der Waals surface area contributed by atoms with E-state index in [0.717, 1.165) is 4.57 Å². The molecule has 0 bridgehead atoms. The molecule has 2 heterocycles. The number of methoxy groups -OCH3 is 1. The monoisotopic (exact) mass is 317 g/mol. The highest BCUT2D eigenvalue weighted by molar-refractivity contribution is 5.23. The third-order valence-electron chi connectivity index (χ3n) is 3.59. The van der Waals surface area contributed by atoms with Crippen LogP contribution in [0.3, 0.4) is 0 Å². The number of aromatic nitrogens is 2. The first kappa shape index (κ1) is 16.8. The standard InChI is InChI=1S/C12H19N3O7/c1-21-10-9(19)8(18)7(17)5(4-16)22-11(10)15-3-2-6(13)14-12(15)20/h2-3,5,7-11,16-19H,4H2,1H3,(H2,13,14,20)/t5-,7-,8-,9-,10-,11-/m1/s1. The molecule has 0 aliphatic carbocycles. The molecule has 0 unspecified atom stereocenters. The summed E-state index contributed by atoms with van der Waals surface area (Å²) in [5.74, 6) is 0.00293. The predicted molar refractivity (Wildman–Crippen MR) is 72.7 cm³/mol. The minimum absolute atomic E-state index is 0.00293. The Morgan fingerprint density at radius 1 is 1.36 bits per heavy atom. The summed E-state index contributed by atoms with van der Waals surface area (Å²) in [6.45, 7) is -0.630. The Morgan fingerprint density at radius 3 is 2.59 bits per heavy atom. The van der Waals surface area contributed by atoms with E-state index in [2.05, 4.69) is 4.98 Å². The van der Waals surface area contributed by atoms with Crippen molar-refractivity contribution in [2.24, 2.45) is 0 Å². The number of nitrogens with zero attached hydrogens (tertiary/aromatic N) is 2. The van der Waals surface area contributed by atoms with Crippen molar-refractivity contribution in [2.75, 3.05) is 19.5 Å². The molecular formula is C12H19N3O7. The van der Waals surface area contributed by atoms with Crippen LogP contribution >= 0.6 is 0 Å². The Kier molecular flexibility index (Phi) is 5.11. The van der Waals surface area contributed by atoms with Gasteiger partial charge in [0.05, 0.1) is 6.61 Å². The summed E-state index contributed by atoms with van der Waals surface area (Å²) in [5.41, 5.74) is 4.65. The van der Waals surface area contributed by atoms with Crippen molar-refractivity contribution < 1.29 is 29.9 Å². The maximum absolute atomic E-state index is 11.9. The number of nitrogen functional groups attached to an aromatic ring is 1. The summed E-state index contributed by atoms with van der Waals surface area (Å²) >= 11 is 0. The molecule has 0 amide bonds. The van der Waals surface area contributed by atoms with Crippen LogP contribution in [0.1, 0.15) is 6.23 Å². The van der Waals surface area contributed by atoms with Gasteiger partial charge in [-0.2, -0.15) is 4.98 Å². The molecule has 1 aromatic heterocycles. The van der Waals surface area contributed by atoms with Gasteiger partial charge in [-0.25, -0.2) is 4.79 Å². The second kappa shape index (κ2) is 6.69. The zero-order chi connectivity index (χ0) is 16.4. The largest absolute Gasteiger partial charge is 0.394 e. The lowest BCUT2D eigenvalue weighted by molar-refractivity contribution is -0.161. The number of nitrogens with two attached hydrogens (primary N) is 1. The van der Waals surface area contributed by atoms with E-state index in [-0.39, 0.29) is 5.82 Å². The lowest BCUT2D eigenvalue weighted by Gasteiger charge is -2.29. The second-order valence-electron chi connectivity index (χ2n) is 4.96. The van der Waals surface area contributed by atoms with Gasteiger partial charge < -0.3 is 35.6 Å². The normalized spacial score (nSPS) is 36.0. The summed E-state index contributed by atoms with van der Waals surface area (Å²) in [6.07, 6.45) is -7.06. The Balaban J connectivity index is 2.47. The molecule has 10 heteroatoms. The first-order valence-corrected chi connectivity index (χ1v) is 6.58. The molecular weight excluding hydrogens is 298 g/mol. The molecule has 0 saturated carbocycles. The van der Waals surface area contributed by atoms with Crippen LogP contribution in [-0.2, 0) is 9.47 Å². The van der Waals surface area contributed by atoms with Gasteiger partial charge in [-0.05, 0) is 6.07 Å². The Hall–Kier alpha value is -1.56. The van der Waals surface area contributed by atoms with Crippen molar-refractivity contribution in [1.29, 1.82) is 0 Å². The van der Waals surface area contributed by atoms with Crippen LogP contribution < -0.4 is 11.4 Å². The second-order valence-corrected chi connectivity index (χ2v) is 4.96. The highest BCUT2D eigenvalue weighted by Gasteiger charge is 2.46. The molecule has 1 aliphatic rings. The lowest BCUT2D eigenvalue weighted by Crippen LogP contribution is -2.48. The van der Waals surface area contributed by atoms with Crippen molar-refractivity contribution >= 4 is 5.82 Å². The zero-order valence-corrected chi connectivity index (χ0v) is 11.8. The minimum Gasteiger partial charge on any atom is -0.394 e. The first-order valence-electron chi connectivity index (χ1n) is 6.58. The molecule has 0 spiro atoms. The van der Waals surface area contributed by atoms with Crippen LogP contribution in [0.25, 0.3) is 0 Å². The summed E-state index contributed by atoms with van der Waals surface area (Å²) < 4.78 is 11.6. The van der Waals surface area contributed by atoms with Crippen LogP contribution in [0, 0.1) is 0 Å². The highest BCUT2D eigenvalue weighted by Crippen LogP contribution is 2.28. The molecule has 124 valence electrons. The molecule has 22 heavy (non-hydrogen) atoms. The molecule has 0 radical (unpaired) electrons. The van der Waals surface area contributed by atoms with Gasteiger partial charge in [0.25, 0.3) is 0 Å². The van der Waals surface area contributed by atoms with Gasteiger partial charge >= 0.3 is 5.69 Å². The van der Waals surface area contributed by atoms with Crippen LogP contribution in [0.4, 0.5) is 5.82 Å². The third kappa shape index (κ3) is 2.97. The molecule has 1 saturated heterocycles. The van der Waals surface area contributed by atoms with Gasteiger partial charge in [-0.15, -0.1) is 0 Å². The van der Waals surface area contributed by atoms with Crippen LogP contribution in [0.5, 0.6) is 0 Å². The molecule has 10 nitrogen and oxygen atoms in total. The number of hydrogen-bond donors (Lipinski definition) is 5. The van der Waals surface area contributed by atoms with Crippen LogP contribution in [0.2, 0.25) is 0 Å². The average molecular weight is 317 g/mol. The van der Waals surface area contributed by atoms with Gasteiger partial charge in [0.1, 0.15) is 36.3 Å². The van der Waals surface area contributed by atoms with Gasteiger partial charge in [0, 0.05) is 13.3 Å². The van der Waals surface area contributed by atoms with Crippen molar-refractivity contribution in [1.82, 2.24) is 9.55 Å². The van der Waals surface area contributed by atoms with Gasteiger partial charge in [0.15, 0.2) is 6.23 Å². The summed E-state index contributed by atoms with van der Waals surface area (Å²) in [7, 11) is 1.25. The van der Waals surface area contributed by atoms with E-state index in [1.165, 1.54) is 19.4 Å². The number of rotatable bonds is 3. The van der Waals surface area contributed by atoms with Gasteiger partial charge in [-0.3, -0.25) is 4.57 Å². The molecule has 2 rings (SSSR count). The van der Waals surface area contributed by atoms with Crippen molar-refractivity contribution in [2.45, 2.75) is 36.7 Å². The topological polar surface area (TPSA) is 160 Å². The molecule has 1 fully saturated rings. The molecule has 1 aliphatic heterocycles. The Labute approximate surface area is 125 Å². The fourth-order valence-corrected chi connectivity index (χ4v) is 2.37. The van der Waals surface area contributed by atoms with E-state index in [1.807, 2.05) is 0 Å². The highest BCUT2D eigenvalue weighted by atomic mass is 16.6. The summed E-state index contributed by atoms with van der Waals surface area (Å²) in [6, 6.07) is 1.34. The van der Waals surface area contributed by atoms with E-state index >= 15 is 0 Å². The van der Waals surface area contributed by atoms with Crippen LogP contribution in [-0.4, -0.2) is 74.2 Å². The molecule has 6 atom stereocenters. The Bertz CT molecular complexity index is 566. The smallest absolute Gasteiger partial charge is 0.351 e. The third-order valence-corrected chi connectivity index (χ3v) is 3.59. The van der Waals surface area contributed by atoms with E-state index < -0.39 is 49.0 Å².